The summed E-state index contributed by atoms with van der Waals surface area (Å²) in [5.41, 5.74) is -1.48. The summed E-state index contributed by atoms with van der Waals surface area (Å²) in [6.07, 6.45) is 1.80. The Balaban J connectivity index is 1.96. The average molecular weight is 302 g/mol. The molecule has 0 radical (unpaired) electrons. The Labute approximate surface area is 128 Å². The number of carbonyl (C=O) groups is 2. The Hall–Kier alpha value is -2.24. The Morgan fingerprint density at radius 1 is 1.36 bits per heavy atom. The number of ketones is 1. The van der Waals surface area contributed by atoms with Crippen molar-refractivity contribution in [3.63, 3.8) is 0 Å². The highest BCUT2D eigenvalue weighted by molar-refractivity contribution is 6.14. The summed E-state index contributed by atoms with van der Waals surface area (Å²) in [5, 5.41) is 13.7. The zero-order valence-corrected chi connectivity index (χ0v) is 12.6. The SMILES string of the molecule is CC1(C)C2CCC1(C(=O)Nc1ccccc1[N+](=O)[O-])C(=O)C2. The first-order valence-electron chi connectivity index (χ1n) is 7.39. The number of hydrogen-bond acceptors (Lipinski definition) is 4. The lowest BCUT2D eigenvalue weighted by atomic mass is 9.68. The number of rotatable bonds is 3. The van der Waals surface area contributed by atoms with Crippen molar-refractivity contribution in [1.29, 1.82) is 0 Å². The van der Waals surface area contributed by atoms with Gasteiger partial charge in [0.25, 0.3) is 5.69 Å². The third-order valence-corrected chi connectivity index (χ3v) is 5.63. The fourth-order valence-electron chi connectivity index (χ4n) is 4.18. The van der Waals surface area contributed by atoms with Gasteiger partial charge in [-0.2, -0.15) is 0 Å². The highest BCUT2D eigenvalue weighted by atomic mass is 16.6. The molecule has 0 heterocycles. The summed E-state index contributed by atoms with van der Waals surface area (Å²) in [4.78, 5) is 35.8. The molecule has 2 saturated carbocycles. The molecule has 0 spiro atoms. The van der Waals surface area contributed by atoms with E-state index >= 15 is 0 Å². The molecule has 6 heteroatoms. The third kappa shape index (κ3) is 1.73. The molecule has 2 unspecified atom stereocenters. The van der Waals surface area contributed by atoms with Crippen LogP contribution in [0.25, 0.3) is 0 Å². The quantitative estimate of drug-likeness (QED) is 0.528. The molecule has 0 aromatic heterocycles. The Morgan fingerprint density at radius 3 is 2.59 bits per heavy atom. The number of para-hydroxylation sites is 2. The zero-order chi connectivity index (χ0) is 16.1. The van der Waals surface area contributed by atoms with Crippen LogP contribution in [0.1, 0.15) is 33.1 Å². The number of Topliss-reactive ketones (excluding diaryl/α,β-unsaturated/α-hetero) is 1. The highest BCUT2D eigenvalue weighted by Gasteiger charge is 2.68. The lowest BCUT2D eigenvalue weighted by Gasteiger charge is -2.34. The van der Waals surface area contributed by atoms with Crippen LogP contribution >= 0.6 is 0 Å². The molecule has 2 fully saturated rings. The van der Waals surface area contributed by atoms with Crippen LogP contribution in [0.15, 0.2) is 24.3 Å². The second-order valence-electron chi connectivity index (χ2n) is 6.72. The molecule has 3 rings (SSSR count). The predicted octanol–water partition coefficient (Wildman–Crippen LogP) is 2.93. The number of amides is 1. The number of carbonyl (C=O) groups excluding carboxylic acids is 2. The van der Waals surface area contributed by atoms with E-state index in [0.29, 0.717) is 12.8 Å². The van der Waals surface area contributed by atoms with Crippen LogP contribution in [0.2, 0.25) is 0 Å². The summed E-state index contributed by atoms with van der Waals surface area (Å²) in [7, 11) is 0. The number of hydrogen-bond donors (Lipinski definition) is 1. The van der Waals surface area contributed by atoms with Crippen LogP contribution in [-0.2, 0) is 9.59 Å². The minimum Gasteiger partial charge on any atom is -0.319 e. The van der Waals surface area contributed by atoms with E-state index in [1.54, 1.807) is 12.1 Å². The number of benzene rings is 1. The normalized spacial score (nSPS) is 28.6. The molecule has 6 nitrogen and oxygen atoms in total. The van der Waals surface area contributed by atoms with Crippen molar-refractivity contribution in [2.24, 2.45) is 16.7 Å². The largest absolute Gasteiger partial charge is 0.319 e. The molecular formula is C16H18N2O4. The Bertz CT molecular complexity index is 682. The van der Waals surface area contributed by atoms with Gasteiger partial charge in [0, 0.05) is 12.5 Å². The predicted molar refractivity (Wildman–Crippen MR) is 80.3 cm³/mol. The summed E-state index contributed by atoms with van der Waals surface area (Å²) in [6, 6.07) is 6.00. The van der Waals surface area contributed by atoms with E-state index < -0.39 is 21.7 Å². The first-order valence-corrected chi connectivity index (χ1v) is 7.39. The summed E-state index contributed by atoms with van der Waals surface area (Å²) < 4.78 is 0. The average Bonchev–Trinajstić information content (AvgIpc) is 2.82. The number of fused-ring (bicyclic) bond motifs is 2. The van der Waals surface area contributed by atoms with E-state index in [-0.39, 0.29) is 23.1 Å². The van der Waals surface area contributed by atoms with E-state index in [1.807, 2.05) is 13.8 Å². The highest BCUT2D eigenvalue weighted by Crippen LogP contribution is 2.64. The van der Waals surface area contributed by atoms with Crippen molar-refractivity contribution >= 4 is 23.1 Å². The monoisotopic (exact) mass is 302 g/mol. The van der Waals surface area contributed by atoms with Crippen LogP contribution < -0.4 is 5.32 Å². The molecule has 2 bridgehead atoms. The van der Waals surface area contributed by atoms with Crippen molar-refractivity contribution in [3.05, 3.63) is 34.4 Å². The van der Waals surface area contributed by atoms with Gasteiger partial charge in [0.05, 0.1) is 4.92 Å². The van der Waals surface area contributed by atoms with Crippen LogP contribution in [0.3, 0.4) is 0 Å². The fourth-order valence-corrected chi connectivity index (χ4v) is 4.18. The topological polar surface area (TPSA) is 89.3 Å². The molecule has 2 aliphatic carbocycles. The first-order chi connectivity index (χ1) is 10.3. The van der Waals surface area contributed by atoms with Crippen LogP contribution in [0.4, 0.5) is 11.4 Å². The van der Waals surface area contributed by atoms with Gasteiger partial charge in [-0.05, 0) is 30.2 Å². The number of nitrogens with zero attached hydrogens (tertiary/aromatic N) is 1. The molecule has 116 valence electrons. The van der Waals surface area contributed by atoms with Crippen molar-refractivity contribution in [1.82, 2.24) is 0 Å². The van der Waals surface area contributed by atoms with Gasteiger partial charge in [-0.3, -0.25) is 19.7 Å². The molecule has 2 atom stereocenters. The maximum absolute atomic E-state index is 12.8. The van der Waals surface area contributed by atoms with Gasteiger partial charge in [-0.25, -0.2) is 0 Å². The minimum absolute atomic E-state index is 0.0372. The number of nitro benzene ring substituents is 1. The van der Waals surface area contributed by atoms with Crippen molar-refractivity contribution in [2.75, 3.05) is 5.32 Å². The first kappa shape index (κ1) is 14.7. The van der Waals surface area contributed by atoms with Crippen LogP contribution in [-0.4, -0.2) is 16.6 Å². The van der Waals surface area contributed by atoms with E-state index in [4.69, 9.17) is 0 Å². The molecule has 1 aromatic rings. The molecule has 2 aliphatic rings. The summed E-state index contributed by atoms with van der Waals surface area (Å²) >= 11 is 0. The van der Waals surface area contributed by atoms with Crippen LogP contribution in [0, 0.1) is 26.9 Å². The maximum atomic E-state index is 12.8. The van der Waals surface area contributed by atoms with Crippen molar-refractivity contribution < 1.29 is 14.5 Å². The number of anilines is 1. The molecular weight excluding hydrogens is 284 g/mol. The minimum atomic E-state index is -1.05. The lowest BCUT2D eigenvalue weighted by Crippen LogP contribution is -2.46. The molecule has 1 amide bonds. The summed E-state index contributed by atoms with van der Waals surface area (Å²) in [6.45, 7) is 3.91. The molecule has 1 N–H and O–H groups in total. The van der Waals surface area contributed by atoms with Gasteiger partial charge in [-0.15, -0.1) is 0 Å². The molecule has 22 heavy (non-hydrogen) atoms. The lowest BCUT2D eigenvalue weighted by molar-refractivity contribution is -0.383. The van der Waals surface area contributed by atoms with Gasteiger partial charge >= 0.3 is 0 Å². The zero-order valence-electron chi connectivity index (χ0n) is 12.6. The molecule has 0 saturated heterocycles. The van der Waals surface area contributed by atoms with Gasteiger partial charge in [0.1, 0.15) is 16.9 Å². The van der Waals surface area contributed by atoms with Gasteiger partial charge < -0.3 is 5.32 Å². The van der Waals surface area contributed by atoms with E-state index in [9.17, 15) is 19.7 Å². The Morgan fingerprint density at radius 2 is 2.05 bits per heavy atom. The number of nitrogens with one attached hydrogen (secondary N) is 1. The van der Waals surface area contributed by atoms with E-state index in [1.165, 1.54) is 12.1 Å². The second kappa shape index (κ2) is 4.63. The second-order valence-corrected chi connectivity index (χ2v) is 6.72. The summed E-state index contributed by atoms with van der Waals surface area (Å²) in [5.74, 6) is -0.224. The standard InChI is InChI=1S/C16H18N2O4/c1-15(2)10-7-8-16(15,13(19)9-10)14(20)17-11-5-3-4-6-12(11)18(21)22/h3-6,10H,7-9H2,1-2H3,(H,17,20). The van der Waals surface area contributed by atoms with Crippen molar-refractivity contribution in [3.8, 4) is 0 Å². The fraction of sp³-hybridized carbons (Fsp3) is 0.500. The smallest absolute Gasteiger partial charge is 0.292 e. The van der Waals surface area contributed by atoms with E-state index in [0.717, 1.165) is 6.42 Å². The molecule has 0 aliphatic heterocycles. The van der Waals surface area contributed by atoms with Gasteiger partial charge in [0.15, 0.2) is 0 Å². The van der Waals surface area contributed by atoms with E-state index in [2.05, 4.69) is 5.32 Å². The number of nitro groups is 1. The van der Waals surface area contributed by atoms with Crippen LogP contribution in [0.5, 0.6) is 0 Å². The van der Waals surface area contributed by atoms with Gasteiger partial charge in [-0.1, -0.05) is 26.0 Å². The maximum Gasteiger partial charge on any atom is 0.292 e. The third-order valence-electron chi connectivity index (χ3n) is 5.63. The van der Waals surface area contributed by atoms with Crippen molar-refractivity contribution in [2.45, 2.75) is 33.1 Å². The molecule has 1 aromatic carbocycles. The Kier molecular flexibility index (Phi) is 3.09. The van der Waals surface area contributed by atoms with Gasteiger partial charge in [0.2, 0.25) is 5.91 Å².